The zero-order chi connectivity index (χ0) is 28.2. The van der Waals surface area contributed by atoms with Gasteiger partial charge in [0, 0.05) is 44.0 Å². The van der Waals surface area contributed by atoms with Crippen molar-refractivity contribution in [2.75, 3.05) is 43.5 Å². The molecule has 13 heteroatoms. The maximum Gasteiger partial charge on any atom is 0.410 e. The number of halogens is 1. The van der Waals surface area contributed by atoms with Gasteiger partial charge in [-0.15, -0.1) is 0 Å². The van der Waals surface area contributed by atoms with E-state index in [-0.39, 0.29) is 34.4 Å². The number of methoxy groups -OCH3 is 1. The van der Waals surface area contributed by atoms with Crippen LogP contribution in [-0.2, 0) is 4.74 Å². The largest absolute Gasteiger partial charge is 0.494 e. The van der Waals surface area contributed by atoms with Gasteiger partial charge in [0.15, 0.2) is 0 Å². The number of carbonyl (C=O) groups is 1. The summed E-state index contributed by atoms with van der Waals surface area (Å²) in [5, 5.41) is 14.3. The standard InChI is InChI=1S/C26H29ClN6O6/c1-26(2,3)39-25(34)32-12-10-31(11-13-32)17-8-9-21(22(15-17)37-4)29-24-28-16-20(27)23(30-24)38-19-7-5-6-18(14-19)33(35)36/h5-9,14-16H,10-13H2,1-4H3,(H,28,29,30). The molecular formula is C26H29ClN6O6. The summed E-state index contributed by atoms with van der Waals surface area (Å²) in [4.78, 5) is 35.3. The summed E-state index contributed by atoms with van der Waals surface area (Å²) in [6.45, 7) is 7.93. The summed E-state index contributed by atoms with van der Waals surface area (Å²) in [5.74, 6) is 0.996. The van der Waals surface area contributed by atoms with Crippen molar-refractivity contribution in [2.24, 2.45) is 0 Å². The average molecular weight is 557 g/mol. The Morgan fingerprint density at radius 1 is 1.13 bits per heavy atom. The molecule has 0 atom stereocenters. The van der Waals surface area contributed by atoms with Crippen LogP contribution in [0.3, 0.4) is 0 Å². The lowest BCUT2D eigenvalue weighted by Gasteiger charge is -2.37. The van der Waals surface area contributed by atoms with E-state index in [0.717, 1.165) is 5.69 Å². The van der Waals surface area contributed by atoms with E-state index in [4.69, 9.17) is 25.8 Å². The molecule has 0 radical (unpaired) electrons. The van der Waals surface area contributed by atoms with Gasteiger partial charge in [-0.05, 0) is 39.0 Å². The highest BCUT2D eigenvalue weighted by molar-refractivity contribution is 6.31. The Morgan fingerprint density at radius 2 is 1.87 bits per heavy atom. The van der Waals surface area contributed by atoms with Crippen LogP contribution in [0, 0.1) is 10.1 Å². The number of non-ortho nitro benzene ring substituents is 1. The van der Waals surface area contributed by atoms with Crippen LogP contribution in [0.1, 0.15) is 20.8 Å². The highest BCUT2D eigenvalue weighted by atomic mass is 35.5. The number of ether oxygens (including phenoxy) is 3. The zero-order valence-electron chi connectivity index (χ0n) is 22.0. The number of rotatable bonds is 7. The molecule has 1 N–H and O–H groups in total. The Kier molecular flexibility index (Phi) is 8.24. The Labute approximate surface area is 230 Å². The van der Waals surface area contributed by atoms with Crippen LogP contribution in [-0.4, -0.2) is 64.8 Å². The molecule has 39 heavy (non-hydrogen) atoms. The first-order valence-electron chi connectivity index (χ1n) is 12.1. The van der Waals surface area contributed by atoms with Gasteiger partial charge in [0.05, 0.1) is 30.0 Å². The number of anilines is 3. The van der Waals surface area contributed by atoms with Crippen molar-refractivity contribution < 1.29 is 23.9 Å². The molecule has 0 spiro atoms. The predicted octanol–water partition coefficient (Wildman–Crippen LogP) is 5.64. The van der Waals surface area contributed by atoms with E-state index in [2.05, 4.69) is 20.2 Å². The second-order valence-electron chi connectivity index (χ2n) is 9.67. The summed E-state index contributed by atoms with van der Waals surface area (Å²) in [6.07, 6.45) is 1.06. The first-order valence-corrected chi connectivity index (χ1v) is 12.5. The smallest absolute Gasteiger partial charge is 0.410 e. The summed E-state index contributed by atoms with van der Waals surface area (Å²) in [6, 6.07) is 11.4. The molecule has 1 aliphatic heterocycles. The number of nitrogens with zero attached hydrogens (tertiary/aromatic N) is 5. The Morgan fingerprint density at radius 3 is 2.54 bits per heavy atom. The van der Waals surface area contributed by atoms with E-state index in [1.54, 1.807) is 18.1 Å². The van der Waals surface area contributed by atoms with Crippen molar-refractivity contribution in [1.29, 1.82) is 0 Å². The van der Waals surface area contributed by atoms with E-state index in [1.165, 1.54) is 24.4 Å². The van der Waals surface area contributed by atoms with E-state index in [0.29, 0.717) is 37.6 Å². The van der Waals surface area contributed by atoms with Gasteiger partial charge in [0.1, 0.15) is 22.1 Å². The summed E-state index contributed by atoms with van der Waals surface area (Å²) in [7, 11) is 1.56. The topological polar surface area (TPSA) is 132 Å². The maximum atomic E-state index is 12.4. The third kappa shape index (κ3) is 7.17. The maximum absolute atomic E-state index is 12.4. The summed E-state index contributed by atoms with van der Waals surface area (Å²) >= 11 is 6.20. The van der Waals surface area contributed by atoms with Crippen molar-refractivity contribution in [3.63, 3.8) is 0 Å². The van der Waals surface area contributed by atoms with E-state index >= 15 is 0 Å². The number of hydrogen-bond donors (Lipinski definition) is 1. The molecule has 0 saturated carbocycles. The lowest BCUT2D eigenvalue weighted by atomic mass is 10.2. The van der Waals surface area contributed by atoms with Gasteiger partial charge < -0.3 is 29.3 Å². The monoisotopic (exact) mass is 556 g/mol. The molecule has 1 aromatic heterocycles. The van der Waals surface area contributed by atoms with Crippen LogP contribution in [0.5, 0.6) is 17.4 Å². The Hall–Kier alpha value is -4.32. The number of nitro groups is 1. The van der Waals surface area contributed by atoms with Gasteiger partial charge in [-0.1, -0.05) is 17.7 Å². The van der Waals surface area contributed by atoms with Crippen LogP contribution in [0.4, 0.5) is 27.8 Å². The molecule has 0 unspecified atom stereocenters. The molecule has 1 amide bonds. The number of aromatic nitrogens is 2. The lowest BCUT2D eigenvalue weighted by Crippen LogP contribution is -2.50. The summed E-state index contributed by atoms with van der Waals surface area (Å²) < 4.78 is 16.8. The molecule has 4 rings (SSSR count). The number of hydrogen-bond acceptors (Lipinski definition) is 10. The molecule has 1 aliphatic rings. The number of benzene rings is 2. The van der Waals surface area contributed by atoms with E-state index < -0.39 is 10.5 Å². The third-order valence-corrected chi connectivity index (χ3v) is 5.94. The van der Waals surface area contributed by atoms with Gasteiger partial charge >= 0.3 is 6.09 Å². The quantitative estimate of drug-likeness (QED) is 0.288. The number of amides is 1. The molecule has 206 valence electrons. The van der Waals surface area contributed by atoms with Crippen molar-refractivity contribution in [1.82, 2.24) is 14.9 Å². The Balaban J connectivity index is 1.44. The highest BCUT2D eigenvalue weighted by Gasteiger charge is 2.26. The zero-order valence-corrected chi connectivity index (χ0v) is 22.8. The highest BCUT2D eigenvalue weighted by Crippen LogP contribution is 2.34. The van der Waals surface area contributed by atoms with E-state index in [9.17, 15) is 14.9 Å². The van der Waals surface area contributed by atoms with Gasteiger partial charge in [-0.2, -0.15) is 4.98 Å². The molecule has 2 heterocycles. The molecule has 0 bridgehead atoms. The first-order chi connectivity index (χ1) is 18.5. The molecule has 2 aromatic carbocycles. The van der Waals surface area contributed by atoms with Crippen LogP contribution in [0.15, 0.2) is 48.7 Å². The van der Waals surface area contributed by atoms with Crippen molar-refractivity contribution in [3.8, 4) is 17.4 Å². The minimum Gasteiger partial charge on any atom is -0.494 e. The van der Waals surface area contributed by atoms with Crippen LogP contribution < -0.4 is 19.7 Å². The first kappa shape index (κ1) is 27.7. The third-order valence-electron chi connectivity index (χ3n) is 5.68. The minimum atomic E-state index is -0.534. The molecule has 12 nitrogen and oxygen atoms in total. The van der Waals surface area contributed by atoms with Crippen LogP contribution in [0.25, 0.3) is 0 Å². The fraction of sp³-hybridized carbons (Fsp3) is 0.346. The SMILES string of the molecule is COc1cc(N2CCN(C(=O)OC(C)(C)C)CC2)ccc1Nc1ncc(Cl)c(Oc2cccc([N+](=O)[O-])c2)n1. The van der Waals surface area contributed by atoms with Crippen LogP contribution >= 0.6 is 11.6 Å². The second kappa shape index (κ2) is 11.6. The van der Waals surface area contributed by atoms with Gasteiger partial charge in [0.2, 0.25) is 11.8 Å². The number of piperazine rings is 1. The molecule has 3 aromatic rings. The van der Waals surface area contributed by atoms with Crippen molar-refractivity contribution >= 4 is 40.7 Å². The van der Waals surface area contributed by atoms with Crippen molar-refractivity contribution in [2.45, 2.75) is 26.4 Å². The van der Waals surface area contributed by atoms with Crippen LogP contribution in [0.2, 0.25) is 5.02 Å². The summed E-state index contributed by atoms with van der Waals surface area (Å²) in [5.41, 5.74) is 0.894. The Bertz CT molecular complexity index is 1360. The van der Waals surface area contributed by atoms with Crippen molar-refractivity contribution in [3.05, 3.63) is 63.8 Å². The van der Waals surface area contributed by atoms with Gasteiger partial charge in [-0.3, -0.25) is 10.1 Å². The molecule has 0 aliphatic carbocycles. The second-order valence-corrected chi connectivity index (χ2v) is 10.1. The minimum absolute atomic E-state index is 0.0353. The lowest BCUT2D eigenvalue weighted by molar-refractivity contribution is -0.384. The predicted molar refractivity (Wildman–Crippen MR) is 147 cm³/mol. The molecule has 1 fully saturated rings. The molecule has 1 saturated heterocycles. The number of nitrogens with one attached hydrogen (secondary N) is 1. The normalized spacial score (nSPS) is 13.6. The van der Waals surface area contributed by atoms with E-state index in [1.807, 2.05) is 39.0 Å². The van der Waals surface area contributed by atoms with Gasteiger partial charge in [0.25, 0.3) is 5.69 Å². The fourth-order valence-corrected chi connectivity index (χ4v) is 3.96. The average Bonchev–Trinajstić information content (AvgIpc) is 2.90. The number of nitro benzene ring substituents is 1. The van der Waals surface area contributed by atoms with Gasteiger partial charge in [-0.25, -0.2) is 9.78 Å². The number of carbonyl (C=O) groups excluding carboxylic acids is 1. The molecular weight excluding hydrogens is 528 g/mol. The fourth-order valence-electron chi connectivity index (χ4n) is 3.83.